The lowest BCUT2D eigenvalue weighted by Gasteiger charge is -2.07. The lowest BCUT2D eigenvalue weighted by Crippen LogP contribution is -2.09. The summed E-state index contributed by atoms with van der Waals surface area (Å²) in [5.41, 5.74) is 0.978. The van der Waals surface area contributed by atoms with Gasteiger partial charge in [-0.2, -0.15) is 0 Å². The fourth-order valence-corrected chi connectivity index (χ4v) is 3.05. The second-order valence-electron chi connectivity index (χ2n) is 7.31. The molecule has 0 heterocycles. The number of carbonyl (C=O) groups is 2. The van der Waals surface area contributed by atoms with Crippen LogP contribution in [-0.2, 0) is 14.3 Å². The predicted molar refractivity (Wildman–Crippen MR) is 114 cm³/mol. The van der Waals surface area contributed by atoms with Crippen LogP contribution >= 0.6 is 11.6 Å². The maximum Gasteiger partial charge on any atom is 0.311 e. The molecular formula is C23H35ClO4. The Labute approximate surface area is 174 Å². The Balaban J connectivity index is 2.00. The van der Waals surface area contributed by atoms with Crippen LogP contribution in [0.5, 0.6) is 5.75 Å². The van der Waals surface area contributed by atoms with Crippen LogP contribution in [0.2, 0.25) is 5.02 Å². The number of aryl methyl sites for hydroxylation is 1. The largest absolute Gasteiger partial charge is 0.466 e. The maximum absolute atomic E-state index is 11.9. The molecule has 5 heteroatoms. The van der Waals surface area contributed by atoms with Crippen LogP contribution in [0, 0.1) is 6.92 Å². The molecule has 0 aliphatic rings. The van der Waals surface area contributed by atoms with Gasteiger partial charge in [0.1, 0.15) is 5.75 Å². The van der Waals surface area contributed by atoms with Gasteiger partial charge in [0.15, 0.2) is 0 Å². The van der Waals surface area contributed by atoms with Gasteiger partial charge in [0.25, 0.3) is 0 Å². The zero-order valence-electron chi connectivity index (χ0n) is 17.4. The predicted octanol–water partition coefficient (Wildman–Crippen LogP) is 6.80. The SMILES string of the molecule is CCCCCCCCCCOC(=O)CCCCC(=O)Oc1cc(C)ccc1Cl. The van der Waals surface area contributed by atoms with Gasteiger partial charge in [-0.05, 0) is 43.9 Å². The minimum absolute atomic E-state index is 0.182. The number of hydrogen-bond acceptors (Lipinski definition) is 4. The van der Waals surface area contributed by atoms with Crippen molar-refractivity contribution in [3.63, 3.8) is 0 Å². The third kappa shape index (κ3) is 12.0. The molecule has 0 atom stereocenters. The average molecular weight is 411 g/mol. The van der Waals surface area contributed by atoms with E-state index in [0.29, 0.717) is 36.6 Å². The van der Waals surface area contributed by atoms with E-state index in [0.717, 1.165) is 18.4 Å². The van der Waals surface area contributed by atoms with Gasteiger partial charge in [0.05, 0.1) is 11.6 Å². The number of carbonyl (C=O) groups excluding carboxylic acids is 2. The Morgan fingerprint density at radius 3 is 2.14 bits per heavy atom. The van der Waals surface area contributed by atoms with Gasteiger partial charge >= 0.3 is 11.9 Å². The second kappa shape index (κ2) is 15.4. The molecule has 1 rings (SSSR count). The first-order valence-electron chi connectivity index (χ1n) is 10.7. The summed E-state index contributed by atoms with van der Waals surface area (Å²) < 4.78 is 10.5. The quantitative estimate of drug-likeness (QED) is 0.181. The van der Waals surface area contributed by atoms with Crippen LogP contribution < -0.4 is 4.74 Å². The zero-order chi connectivity index (χ0) is 20.6. The molecule has 0 aliphatic carbocycles. The Hall–Kier alpha value is -1.55. The molecule has 0 N–H and O–H groups in total. The van der Waals surface area contributed by atoms with Crippen LogP contribution in [0.4, 0.5) is 0 Å². The molecule has 0 fully saturated rings. The monoisotopic (exact) mass is 410 g/mol. The van der Waals surface area contributed by atoms with Crippen LogP contribution in [0.25, 0.3) is 0 Å². The number of benzene rings is 1. The van der Waals surface area contributed by atoms with Gasteiger partial charge in [-0.25, -0.2) is 0 Å². The molecule has 4 nitrogen and oxygen atoms in total. The average Bonchev–Trinajstić information content (AvgIpc) is 2.67. The normalized spacial score (nSPS) is 10.7. The first-order valence-corrected chi connectivity index (χ1v) is 11.0. The lowest BCUT2D eigenvalue weighted by molar-refractivity contribution is -0.144. The maximum atomic E-state index is 11.9. The van der Waals surface area contributed by atoms with E-state index in [1.54, 1.807) is 12.1 Å². The van der Waals surface area contributed by atoms with E-state index in [1.165, 1.54) is 38.5 Å². The molecule has 0 saturated carbocycles. The number of ether oxygens (including phenoxy) is 2. The minimum Gasteiger partial charge on any atom is -0.466 e. The fraction of sp³-hybridized carbons (Fsp3) is 0.652. The van der Waals surface area contributed by atoms with E-state index < -0.39 is 0 Å². The molecule has 0 spiro atoms. The second-order valence-corrected chi connectivity index (χ2v) is 7.72. The summed E-state index contributed by atoms with van der Waals surface area (Å²) >= 11 is 6.01. The number of rotatable bonds is 15. The van der Waals surface area contributed by atoms with Gasteiger partial charge in [0.2, 0.25) is 0 Å². The van der Waals surface area contributed by atoms with Gasteiger partial charge < -0.3 is 9.47 Å². The third-order valence-electron chi connectivity index (χ3n) is 4.58. The van der Waals surface area contributed by atoms with Crippen molar-refractivity contribution in [2.24, 2.45) is 0 Å². The van der Waals surface area contributed by atoms with Crippen molar-refractivity contribution in [3.05, 3.63) is 28.8 Å². The molecule has 0 aliphatic heterocycles. The molecule has 1 aromatic carbocycles. The van der Waals surface area contributed by atoms with E-state index in [9.17, 15) is 9.59 Å². The molecule has 0 bridgehead atoms. The van der Waals surface area contributed by atoms with Crippen molar-refractivity contribution in [2.75, 3.05) is 6.61 Å². The molecule has 1 aromatic rings. The molecule has 28 heavy (non-hydrogen) atoms. The minimum atomic E-state index is -0.334. The van der Waals surface area contributed by atoms with E-state index in [1.807, 2.05) is 13.0 Å². The van der Waals surface area contributed by atoms with Gasteiger partial charge in [-0.1, -0.05) is 69.5 Å². The summed E-state index contributed by atoms with van der Waals surface area (Å²) in [6, 6.07) is 5.31. The van der Waals surface area contributed by atoms with Crippen molar-refractivity contribution in [1.82, 2.24) is 0 Å². The summed E-state index contributed by atoms with van der Waals surface area (Å²) in [6.45, 7) is 4.64. The van der Waals surface area contributed by atoms with Crippen LogP contribution in [0.15, 0.2) is 18.2 Å². The Morgan fingerprint density at radius 1 is 0.857 bits per heavy atom. The Kier molecular flexibility index (Phi) is 13.5. The third-order valence-corrected chi connectivity index (χ3v) is 4.90. The standard InChI is InChI=1S/C23H35ClO4/c1-3-4-5-6-7-8-9-12-17-27-22(25)13-10-11-14-23(26)28-21-18-19(2)15-16-20(21)24/h15-16,18H,3-14,17H2,1-2H3. The van der Waals surface area contributed by atoms with Crippen molar-refractivity contribution in [2.45, 2.75) is 90.9 Å². The highest BCUT2D eigenvalue weighted by Gasteiger charge is 2.09. The van der Waals surface area contributed by atoms with E-state index in [-0.39, 0.29) is 18.4 Å². The van der Waals surface area contributed by atoms with Crippen molar-refractivity contribution in [1.29, 1.82) is 0 Å². The highest BCUT2D eigenvalue weighted by atomic mass is 35.5. The fourth-order valence-electron chi connectivity index (χ4n) is 2.90. The lowest BCUT2D eigenvalue weighted by atomic mass is 10.1. The Morgan fingerprint density at radius 2 is 1.46 bits per heavy atom. The summed E-state index contributed by atoms with van der Waals surface area (Å²) in [5, 5.41) is 0.420. The van der Waals surface area contributed by atoms with E-state index in [2.05, 4.69) is 6.92 Å². The van der Waals surface area contributed by atoms with Crippen molar-refractivity contribution < 1.29 is 19.1 Å². The molecule has 0 aromatic heterocycles. The number of unbranched alkanes of at least 4 members (excludes halogenated alkanes) is 8. The molecular weight excluding hydrogens is 376 g/mol. The molecule has 0 unspecified atom stereocenters. The van der Waals surface area contributed by atoms with Gasteiger partial charge in [-0.3, -0.25) is 9.59 Å². The first kappa shape index (κ1) is 24.5. The molecule has 158 valence electrons. The number of hydrogen-bond donors (Lipinski definition) is 0. The van der Waals surface area contributed by atoms with Crippen LogP contribution in [-0.4, -0.2) is 18.5 Å². The first-order chi connectivity index (χ1) is 13.5. The molecule has 0 radical (unpaired) electrons. The summed E-state index contributed by atoms with van der Waals surface area (Å²) in [5.74, 6) is -0.130. The summed E-state index contributed by atoms with van der Waals surface area (Å²) in [4.78, 5) is 23.6. The molecule has 0 amide bonds. The van der Waals surface area contributed by atoms with E-state index >= 15 is 0 Å². The highest BCUT2D eigenvalue weighted by Crippen LogP contribution is 2.25. The zero-order valence-corrected chi connectivity index (χ0v) is 18.2. The summed E-state index contributed by atoms with van der Waals surface area (Å²) in [7, 11) is 0. The Bertz CT molecular complexity index is 586. The van der Waals surface area contributed by atoms with Crippen molar-refractivity contribution in [3.8, 4) is 5.75 Å². The van der Waals surface area contributed by atoms with Crippen LogP contribution in [0.3, 0.4) is 0 Å². The number of halogens is 1. The summed E-state index contributed by atoms with van der Waals surface area (Å²) in [6.07, 6.45) is 11.6. The van der Waals surface area contributed by atoms with Gasteiger partial charge in [-0.15, -0.1) is 0 Å². The topological polar surface area (TPSA) is 52.6 Å². The van der Waals surface area contributed by atoms with Gasteiger partial charge in [0, 0.05) is 12.8 Å². The smallest absolute Gasteiger partial charge is 0.311 e. The van der Waals surface area contributed by atoms with E-state index in [4.69, 9.17) is 21.1 Å². The highest BCUT2D eigenvalue weighted by molar-refractivity contribution is 6.32. The van der Waals surface area contributed by atoms with Crippen LogP contribution in [0.1, 0.15) is 89.5 Å². The van der Waals surface area contributed by atoms with Crippen molar-refractivity contribution >= 4 is 23.5 Å². The number of esters is 2. The molecule has 0 saturated heterocycles.